The van der Waals surface area contributed by atoms with Gasteiger partial charge in [0.05, 0.1) is 0 Å². The second-order valence-corrected chi connectivity index (χ2v) is 3.03. The third kappa shape index (κ3) is 4.16. The molecule has 18 heavy (non-hydrogen) atoms. The van der Waals surface area contributed by atoms with E-state index in [-0.39, 0.29) is 11.5 Å². The Morgan fingerprint density at radius 3 is 1.11 bits per heavy atom. The number of phenolic OH excluding ortho intramolecular Hbond substituents is 2. The molecule has 0 saturated heterocycles. The lowest BCUT2D eigenvalue weighted by Gasteiger charge is -2.05. The van der Waals surface area contributed by atoms with Crippen LogP contribution in [0.5, 0.6) is 11.5 Å². The summed E-state index contributed by atoms with van der Waals surface area (Å²) in [6.07, 6.45) is 0. The van der Waals surface area contributed by atoms with Gasteiger partial charge in [-0.05, 0) is 12.1 Å². The first kappa shape index (κ1) is 16.1. The Labute approximate surface area is 108 Å². The summed E-state index contributed by atoms with van der Waals surface area (Å²) in [6.45, 7) is 0. The van der Waals surface area contributed by atoms with E-state index in [4.69, 9.17) is 10.0 Å². The molecule has 0 heterocycles. The third-order valence-corrected chi connectivity index (χ3v) is 2.10. The Kier molecular flexibility index (Phi) is 8.18. The fraction of sp³-hybridized carbons (Fsp3) is 0. The minimum Gasteiger partial charge on any atom is -0.507 e. The van der Waals surface area contributed by atoms with Gasteiger partial charge in [0.2, 0.25) is 0 Å². The number of phenols is 2. The summed E-state index contributed by atoms with van der Waals surface area (Å²) in [5.74, 6) is 0.350. The Hall–Kier alpha value is -1.91. The first-order valence-electron chi connectivity index (χ1n) is 4.87. The standard InChI is InChI=1S/C12H10O2.2BHO/c13-11-7-3-1-5-9(11)10-6-2-4-8-12(10)14;2*1-2/h1-8,13-14H;2*2H. The van der Waals surface area contributed by atoms with Crippen molar-refractivity contribution in [3.05, 3.63) is 48.5 Å². The van der Waals surface area contributed by atoms with E-state index in [0.717, 1.165) is 0 Å². The molecule has 0 spiro atoms. The molecule has 0 atom stereocenters. The summed E-state index contributed by atoms with van der Waals surface area (Å²) in [6, 6.07) is 13.9. The summed E-state index contributed by atoms with van der Waals surface area (Å²) in [7, 11) is 7.00. The first-order chi connectivity index (χ1) is 8.79. The molecule has 0 aliphatic rings. The smallest absolute Gasteiger partial charge is 0.277 e. The van der Waals surface area contributed by atoms with E-state index in [2.05, 4.69) is 16.1 Å². The van der Waals surface area contributed by atoms with Crippen LogP contribution in [0.4, 0.5) is 0 Å². The molecule has 0 saturated carbocycles. The van der Waals surface area contributed by atoms with Crippen LogP contribution in [0, 0.1) is 0 Å². The molecule has 90 valence electrons. The van der Waals surface area contributed by atoms with Gasteiger partial charge in [-0.1, -0.05) is 36.4 Å². The summed E-state index contributed by atoms with van der Waals surface area (Å²) in [5.41, 5.74) is 1.29. The zero-order chi connectivity index (χ0) is 14.0. The normalized spacial score (nSPS) is 8.33. The number of hydrogen-bond acceptors (Lipinski definition) is 4. The maximum Gasteiger partial charge on any atom is 0.277 e. The molecule has 6 heteroatoms. The third-order valence-electron chi connectivity index (χ3n) is 2.10. The van der Waals surface area contributed by atoms with Crippen molar-refractivity contribution in [1.29, 1.82) is 0 Å². The van der Waals surface area contributed by atoms with Crippen LogP contribution in [0.1, 0.15) is 0 Å². The van der Waals surface area contributed by atoms with E-state index in [1.165, 1.54) is 0 Å². The minimum atomic E-state index is 0.175. The van der Waals surface area contributed by atoms with Crippen molar-refractivity contribution in [2.24, 2.45) is 0 Å². The summed E-state index contributed by atoms with van der Waals surface area (Å²) in [4.78, 5) is 0. The highest BCUT2D eigenvalue weighted by Gasteiger charge is 2.06. The van der Waals surface area contributed by atoms with Crippen LogP contribution in [-0.4, -0.2) is 36.4 Å². The van der Waals surface area contributed by atoms with Crippen LogP contribution < -0.4 is 0 Å². The zero-order valence-corrected chi connectivity index (χ0v) is 9.56. The molecule has 0 aromatic heterocycles. The van der Waals surface area contributed by atoms with Gasteiger partial charge >= 0.3 is 0 Å². The van der Waals surface area contributed by atoms with Gasteiger partial charge in [-0.15, -0.1) is 0 Å². The fourth-order valence-corrected chi connectivity index (χ4v) is 1.40. The Bertz CT molecular complexity index is 420. The van der Waals surface area contributed by atoms with E-state index in [9.17, 15) is 10.2 Å². The highest BCUT2D eigenvalue weighted by Crippen LogP contribution is 2.34. The van der Waals surface area contributed by atoms with Crippen LogP contribution >= 0.6 is 0 Å². The molecule has 4 radical (unpaired) electrons. The lowest BCUT2D eigenvalue weighted by molar-refractivity contribution is 0.469. The molecule has 0 bridgehead atoms. The molecule has 0 aliphatic carbocycles. The number of para-hydroxylation sites is 2. The van der Waals surface area contributed by atoms with E-state index in [0.29, 0.717) is 11.1 Å². The number of rotatable bonds is 1. The molecule has 2 rings (SSSR count). The van der Waals surface area contributed by atoms with Crippen molar-refractivity contribution >= 4 is 16.1 Å². The van der Waals surface area contributed by atoms with Crippen molar-refractivity contribution < 1.29 is 20.3 Å². The van der Waals surface area contributed by atoms with Gasteiger partial charge in [0, 0.05) is 11.1 Å². The fourth-order valence-electron chi connectivity index (χ4n) is 1.40. The summed E-state index contributed by atoms with van der Waals surface area (Å²) < 4.78 is 0. The molecule has 0 fully saturated rings. The van der Waals surface area contributed by atoms with E-state index in [1.807, 2.05) is 12.1 Å². The molecule has 0 aliphatic heterocycles. The van der Waals surface area contributed by atoms with Gasteiger partial charge in [-0.25, -0.2) is 0 Å². The predicted octanol–water partition coefficient (Wildman–Crippen LogP) is 0.889. The van der Waals surface area contributed by atoms with Gasteiger partial charge in [0.15, 0.2) is 0 Å². The molecule has 4 N–H and O–H groups in total. The van der Waals surface area contributed by atoms with Gasteiger partial charge in [-0.3, -0.25) is 0 Å². The van der Waals surface area contributed by atoms with Crippen LogP contribution in [-0.2, 0) is 0 Å². The van der Waals surface area contributed by atoms with Crippen LogP contribution in [0.3, 0.4) is 0 Å². The van der Waals surface area contributed by atoms with Gasteiger partial charge in [-0.2, -0.15) is 0 Å². The molecule has 0 unspecified atom stereocenters. The van der Waals surface area contributed by atoms with E-state index < -0.39 is 0 Å². The van der Waals surface area contributed by atoms with Crippen molar-refractivity contribution in [2.45, 2.75) is 0 Å². The highest BCUT2D eigenvalue weighted by molar-refractivity contribution is 5.95. The van der Waals surface area contributed by atoms with Gasteiger partial charge in [0.25, 0.3) is 16.1 Å². The summed E-state index contributed by atoms with van der Waals surface area (Å²) in [5, 5.41) is 32.2. The molecule has 2 aromatic rings. The van der Waals surface area contributed by atoms with Gasteiger partial charge < -0.3 is 20.3 Å². The Morgan fingerprint density at radius 2 is 0.833 bits per heavy atom. The van der Waals surface area contributed by atoms with Crippen molar-refractivity contribution in [3.63, 3.8) is 0 Å². The topological polar surface area (TPSA) is 80.9 Å². The van der Waals surface area contributed by atoms with E-state index in [1.54, 1.807) is 36.4 Å². The van der Waals surface area contributed by atoms with Gasteiger partial charge in [0.1, 0.15) is 11.5 Å². The zero-order valence-electron chi connectivity index (χ0n) is 9.56. The molecular weight excluding hydrogens is 230 g/mol. The highest BCUT2D eigenvalue weighted by atomic mass is 16.3. The lowest BCUT2D eigenvalue weighted by atomic mass is 10.0. The van der Waals surface area contributed by atoms with E-state index >= 15 is 0 Å². The average molecular weight is 242 g/mol. The SMILES string of the molecule is Oc1ccccc1-c1ccccc1O.[B]O.[B]O. The second kappa shape index (κ2) is 9.15. The predicted molar refractivity (Wildman–Crippen MR) is 71.2 cm³/mol. The van der Waals surface area contributed by atoms with Crippen molar-refractivity contribution in [3.8, 4) is 22.6 Å². The maximum atomic E-state index is 9.58. The quantitative estimate of drug-likeness (QED) is 0.559. The summed E-state index contributed by atoms with van der Waals surface area (Å²) >= 11 is 0. The Morgan fingerprint density at radius 1 is 0.556 bits per heavy atom. The maximum absolute atomic E-state index is 9.58. The van der Waals surface area contributed by atoms with Crippen LogP contribution in [0.2, 0.25) is 0 Å². The molecule has 2 aromatic carbocycles. The number of hydrogen-bond donors (Lipinski definition) is 4. The number of aromatic hydroxyl groups is 2. The second-order valence-electron chi connectivity index (χ2n) is 3.03. The van der Waals surface area contributed by atoms with Crippen LogP contribution in [0.15, 0.2) is 48.5 Å². The monoisotopic (exact) mass is 242 g/mol. The minimum absolute atomic E-state index is 0.175. The largest absolute Gasteiger partial charge is 0.507 e. The average Bonchev–Trinajstić information content (AvgIpc) is 2.45. The first-order valence-corrected chi connectivity index (χ1v) is 4.87. The molecule has 4 nitrogen and oxygen atoms in total. The number of benzene rings is 2. The lowest BCUT2D eigenvalue weighted by Crippen LogP contribution is -1.79. The van der Waals surface area contributed by atoms with Crippen molar-refractivity contribution in [1.82, 2.24) is 0 Å². The van der Waals surface area contributed by atoms with Crippen LogP contribution in [0.25, 0.3) is 11.1 Å². The van der Waals surface area contributed by atoms with Crippen molar-refractivity contribution in [2.75, 3.05) is 0 Å². The molecule has 0 amide bonds. The Balaban J connectivity index is 0.000000659. The molecular formula is C12H12B2O4.